The van der Waals surface area contributed by atoms with Gasteiger partial charge in [0.25, 0.3) is 5.91 Å². The second kappa shape index (κ2) is 8.79. The third kappa shape index (κ3) is 3.94. The van der Waals surface area contributed by atoms with Gasteiger partial charge < -0.3 is 10.2 Å². The number of hydrogen-bond donors (Lipinski definition) is 1. The first-order valence-electron chi connectivity index (χ1n) is 9.79. The number of anilines is 1. The standard InChI is InChI=1S/C22H23Cl2N3O2S/c1-26-11-16(15-9-13(23)10-18(24)17(15)12-26)14-5-3-4-6-20(14)27-21(28)19(7-8-30-2)25-22(27)29/h3-6,9-10,16,19H,7-8,11-12H2,1-2H3,(H,25,29)/t16-,19?/m0/s1. The van der Waals surface area contributed by atoms with Crippen LogP contribution in [0.25, 0.3) is 0 Å². The molecule has 0 spiro atoms. The molecule has 2 aromatic rings. The number of amides is 3. The van der Waals surface area contributed by atoms with Gasteiger partial charge >= 0.3 is 6.03 Å². The lowest BCUT2D eigenvalue weighted by molar-refractivity contribution is -0.118. The largest absolute Gasteiger partial charge is 0.329 e. The number of para-hydroxylation sites is 1. The van der Waals surface area contributed by atoms with E-state index in [1.807, 2.05) is 43.6 Å². The Morgan fingerprint density at radius 3 is 2.70 bits per heavy atom. The minimum absolute atomic E-state index is 0.0583. The van der Waals surface area contributed by atoms with Gasteiger partial charge in [-0.05, 0) is 60.4 Å². The Labute approximate surface area is 190 Å². The van der Waals surface area contributed by atoms with Crippen molar-refractivity contribution in [2.24, 2.45) is 0 Å². The Bertz CT molecular complexity index is 1000. The highest BCUT2D eigenvalue weighted by atomic mass is 35.5. The SMILES string of the molecule is CSCCC1NC(=O)N(c2ccccc2[C@@H]2CN(C)Cc3c(Cl)cc(Cl)cc32)C1=O. The summed E-state index contributed by atoms with van der Waals surface area (Å²) in [5.74, 6) is 0.552. The van der Waals surface area contributed by atoms with Crippen LogP contribution in [0.1, 0.15) is 29.0 Å². The summed E-state index contributed by atoms with van der Waals surface area (Å²) in [4.78, 5) is 29.3. The van der Waals surface area contributed by atoms with Gasteiger partial charge in [-0.3, -0.25) is 4.79 Å². The predicted molar refractivity (Wildman–Crippen MR) is 124 cm³/mol. The number of nitrogens with one attached hydrogen (secondary N) is 1. The van der Waals surface area contributed by atoms with Crippen LogP contribution in [-0.4, -0.2) is 48.5 Å². The van der Waals surface area contributed by atoms with Gasteiger partial charge in [0, 0.05) is 29.1 Å². The maximum atomic E-state index is 13.1. The van der Waals surface area contributed by atoms with Crippen molar-refractivity contribution in [1.29, 1.82) is 0 Å². The molecule has 2 aliphatic heterocycles. The van der Waals surface area contributed by atoms with Crippen LogP contribution in [0.5, 0.6) is 0 Å². The summed E-state index contributed by atoms with van der Waals surface area (Å²) in [7, 11) is 2.04. The van der Waals surface area contributed by atoms with Gasteiger partial charge in [0.15, 0.2) is 0 Å². The van der Waals surface area contributed by atoms with Crippen molar-refractivity contribution < 1.29 is 9.59 Å². The molecule has 2 atom stereocenters. The number of carbonyl (C=O) groups excluding carboxylic acids is 2. The lowest BCUT2D eigenvalue weighted by Gasteiger charge is -2.35. The molecule has 3 amide bonds. The van der Waals surface area contributed by atoms with E-state index in [1.165, 1.54) is 4.90 Å². The molecule has 4 rings (SSSR count). The summed E-state index contributed by atoms with van der Waals surface area (Å²) in [6, 6.07) is 10.5. The first-order valence-corrected chi connectivity index (χ1v) is 11.9. The normalized spacial score (nSPS) is 21.7. The molecule has 158 valence electrons. The Hall–Kier alpha value is -1.73. The average Bonchev–Trinajstić information content (AvgIpc) is 2.99. The van der Waals surface area contributed by atoms with Crippen LogP contribution in [0.3, 0.4) is 0 Å². The molecule has 1 fully saturated rings. The molecule has 0 aromatic heterocycles. The van der Waals surface area contributed by atoms with Crippen LogP contribution in [0, 0.1) is 0 Å². The monoisotopic (exact) mass is 463 g/mol. The van der Waals surface area contributed by atoms with E-state index in [9.17, 15) is 9.59 Å². The third-order valence-corrected chi connectivity index (χ3v) is 6.87. The minimum Gasteiger partial charge on any atom is -0.325 e. The highest BCUT2D eigenvalue weighted by Gasteiger charge is 2.40. The van der Waals surface area contributed by atoms with Crippen LogP contribution >= 0.6 is 35.0 Å². The number of fused-ring (bicyclic) bond motifs is 1. The number of carbonyl (C=O) groups is 2. The molecule has 2 aliphatic rings. The molecule has 1 N–H and O–H groups in total. The zero-order chi connectivity index (χ0) is 21.4. The summed E-state index contributed by atoms with van der Waals surface area (Å²) < 4.78 is 0. The predicted octanol–water partition coefficient (Wildman–Crippen LogP) is 4.75. The quantitative estimate of drug-likeness (QED) is 0.649. The van der Waals surface area contributed by atoms with Crippen molar-refractivity contribution in [3.8, 4) is 0 Å². The molecule has 5 nitrogen and oxygen atoms in total. The third-order valence-electron chi connectivity index (χ3n) is 5.68. The Kier molecular flexibility index (Phi) is 6.30. The van der Waals surface area contributed by atoms with E-state index in [4.69, 9.17) is 23.2 Å². The second-order valence-corrected chi connectivity index (χ2v) is 9.55. The van der Waals surface area contributed by atoms with Crippen LogP contribution < -0.4 is 10.2 Å². The molecule has 0 aliphatic carbocycles. The van der Waals surface area contributed by atoms with E-state index < -0.39 is 6.04 Å². The average molecular weight is 464 g/mol. The molecule has 0 radical (unpaired) electrons. The van der Waals surface area contributed by atoms with E-state index in [0.717, 1.165) is 35.5 Å². The van der Waals surface area contributed by atoms with Crippen LogP contribution in [0.4, 0.5) is 10.5 Å². The van der Waals surface area contributed by atoms with E-state index >= 15 is 0 Å². The maximum absolute atomic E-state index is 13.1. The lowest BCUT2D eigenvalue weighted by Crippen LogP contribution is -2.35. The number of benzene rings is 2. The van der Waals surface area contributed by atoms with E-state index in [1.54, 1.807) is 17.8 Å². The van der Waals surface area contributed by atoms with Gasteiger partial charge in [-0.25, -0.2) is 9.69 Å². The zero-order valence-corrected chi connectivity index (χ0v) is 19.2. The molecule has 8 heteroatoms. The summed E-state index contributed by atoms with van der Waals surface area (Å²) in [5.41, 5.74) is 3.61. The topological polar surface area (TPSA) is 52.7 Å². The van der Waals surface area contributed by atoms with Crippen molar-refractivity contribution in [3.05, 3.63) is 63.1 Å². The molecule has 1 saturated heterocycles. The Morgan fingerprint density at radius 1 is 1.17 bits per heavy atom. The summed E-state index contributed by atoms with van der Waals surface area (Å²) >= 11 is 14.5. The number of rotatable bonds is 5. The van der Waals surface area contributed by atoms with E-state index in [-0.39, 0.29) is 17.9 Å². The van der Waals surface area contributed by atoms with E-state index in [0.29, 0.717) is 22.2 Å². The van der Waals surface area contributed by atoms with Gasteiger partial charge in [-0.2, -0.15) is 11.8 Å². The fraction of sp³-hybridized carbons (Fsp3) is 0.364. The number of urea groups is 1. The molecule has 0 saturated carbocycles. The van der Waals surface area contributed by atoms with Crippen LogP contribution in [-0.2, 0) is 11.3 Å². The van der Waals surface area contributed by atoms with E-state index in [2.05, 4.69) is 10.2 Å². The fourth-order valence-electron chi connectivity index (χ4n) is 4.29. The number of likely N-dealkylation sites (N-methyl/N-ethyl adjacent to an activating group) is 1. The van der Waals surface area contributed by atoms with Gasteiger partial charge in [-0.1, -0.05) is 41.4 Å². The first-order chi connectivity index (χ1) is 14.4. The number of hydrogen-bond acceptors (Lipinski definition) is 4. The summed E-state index contributed by atoms with van der Waals surface area (Å²) in [6.45, 7) is 1.46. The summed E-state index contributed by atoms with van der Waals surface area (Å²) in [5, 5.41) is 4.05. The Balaban J connectivity index is 1.77. The number of imide groups is 1. The molecule has 2 aromatic carbocycles. The maximum Gasteiger partial charge on any atom is 0.329 e. The second-order valence-electron chi connectivity index (χ2n) is 7.72. The van der Waals surface area contributed by atoms with Crippen molar-refractivity contribution >= 4 is 52.6 Å². The molecule has 2 heterocycles. The molecular formula is C22H23Cl2N3O2S. The smallest absolute Gasteiger partial charge is 0.325 e. The number of thioether (sulfide) groups is 1. The van der Waals surface area contributed by atoms with Crippen LogP contribution in [0.15, 0.2) is 36.4 Å². The van der Waals surface area contributed by atoms with Crippen molar-refractivity contribution in [2.75, 3.05) is 30.5 Å². The Morgan fingerprint density at radius 2 is 1.93 bits per heavy atom. The van der Waals surface area contributed by atoms with Crippen LogP contribution in [0.2, 0.25) is 10.0 Å². The molecule has 1 unspecified atom stereocenters. The number of nitrogens with zero attached hydrogens (tertiary/aromatic N) is 2. The fourth-order valence-corrected chi connectivity index (χ4v) is 5.33. The highest BCUT2D eigenvalue weighted by Crippen LogP contribution is 2.41. The zero-order valence-electron chi connectivity index (χ0n) is 16.8. The molecular weight excluding hydrogens is 441 g/mol. The highest BCUT2D eigenvalue weighted by molar-refractivity contribution is 7.98. The van der Waals surface area contributed by atoms with Gasteiger partial charge in [0.1, 0.15) is 6.04 Å². The van der Waals surface area contributed by atoms with Gasteiger partial charge in [0.2, 0.25) is 0 Å². The van der Waals surface area contributed by atoms with Crippen molar-refractivity contribution in [2.45, 2.75) is 24.9 Å². The minimum atomic E-state index is -0.483. The van der Waals surface area contributed by atoms with Gasteiger partial charge in [0.05, 0.1) is 5.69 Å². The van der Waals surface area contributed by atoms with Crippen molar-refractivity contribution in [3.63, 3.8) is 0 Å². The lowest BCUT2D eigenvalue weighted by atomic mass is 9.83. The molecule has 0 bridgehead atoms. The van der Waals surface area contributed by atoms with Gasteiger partial charge in [-0.15, -0.1) is 0 Å². The molecule has 30 heavy (non-hydrogen) atoms. The van der Waals surface area contributed by atoms with Crippen molar-refractivity contribution in [1.82, 2.24) is 10.2 Å². The first kappa shape index (κ1) is 21.5. The summed E-state index contributed by atoms with van der Waals surface area (Å²) in [6.07, 6.45) is 2.60. The number of halogens is 2.